The summed E-state index contributed by atoms with van der Waals surface area (Å²) in [6.45, 7) is 1.41. The fourth-order valence-corrected chi connectivity index (χ4v) is 4.11. The van der Waals surface area contributed by atoms with Gasteiger partial charge in [0.1, 0.15) is 0 Å². The van der Waals surface area contributed by atoms with Gasteiger partial charge >= 0.3 is 0 Å². The monoisotopic (exact) mass is 315 g/mol. The van der Waals surface area contributed by atoms with Crippen LogP contribution in [0.25, 0.3) is 0 Å². The van der Waals surface area contributed by atoms with Gasteiger partial charge < -0.3 is 20.5 Å². The lowest BCUT2D eigenvalue weighted by molar-refractivity contribution is -0.314. The predicted molar refractivity (Wildman–Crippen MR) is 82.2 cm³/mol. The van der Waals surface area contributed by atoms with Crippen molar-refractivity contribution in [2.45, 2.75) is 26.2 Å². The normalized spacial score (nSPS) is 28.4. The maximum Gasteiger partial charge on any atom is 0.228 e. The number of amides is 2. The van der Waals surface area contributed by atoms with E-state index >= 15 is 0 Å². The number of hydrogen-bond donors (Lipinski definition) is 2. The summed E-state index contributed by atoms with van der Waals surface area (Å²) in [7, 11) is 0. The van der Waals surface area contributed by atoms with Gasteiger partial charge in [-0.25, -0.2) is 0 Å². The van der Waals surface area contributed by atoms with Gasteiger partial charge in [-0.2, -0.15) is 0 Å². The van der Waals surface area contributed by atoms with Crippen LogP contribution in [0.4, 0.5) is 11.4 Å². The summed E-state index contributed by atoms with van der Waals surface area (Å²) in [5, 5.41) is 16.8. The molecule has 2 bridgehead atoms. The summed E-state index contributed by atoms with van der Waals surface area (Å²) >= 11 is 0. The van der Waals surface area contributed by atoms with Crippen LogP contribution in [0.5, 0.6) is 0 Å². The van der Waals surface area contributed by atoms with Crippen LogP contribution in [-0.2, 0) is 14.4 Å². The zero-order valence-electron chi connectivity index (χ0n) is 12.9. The molecular weight excluding hydrogens is 296 g/mol. The number of fused-ring (bicyclic) bond motifs is 2. The third kappa shape index (κ3) is 3.06. The second-order valence-electron chi connectivity index (χ2n) is 6.46. The van der Waals surface area contributed by atoms with Crippen molar-refractivity contribution in [3.05, 3.63) is 24.3 Å². The molecule has 0 saturated heterocycles. The number of hydrogen-bond acceptors (Lipinski definition) is 4. The number of carbonyl (C=O) groups is 3. The van der Waals surface area contributed by atoms with E-state index in [1.807, 2.05) is 0 Å². The van der Waals surface area contributed by atoms with Crippen molar-refractivity contribution in [2.75, 3.05) is 10.6 Å². The molecule has 4 atom stereocenters. The second kappa shape index (κ2) is 6.02. The van der Waals surface area contributed by atoms with E-state index in [1.165, 1.54) is 6.92 Å². The van der Waals surface area contributed by atoms with Gasteiger partial charge in [-0.15, -0.1) is 0 Å². The third-order valence-corrected chi connectivity index (χ3v) is 4.94. The van der Waals surface area contributed by atoms with Crippen LogP contribution in [0.1, 0.15) is 26.2 Å². The van der Waals surface area contributed by atoms with Crippen LogP contribution >= 0.6 is 0 Å². The second-order valence-corrected chi connectivity index (χ2v) is 6.46. The summed E-state index contributed by atoms with van der Waals surface area (Å²) < 4.78 is 0. The lowest BCUT2D eigenvalue weighted by Gasteiger charge is -2.30. The van der Waals surface area contributed by atoms with E-state index in [9.17, 15) is 19.5 Å². The van der Waals surface area contributed by atoms with Crippen molar-refractivity contribution in [1.82, 2.24) is 0 Å². The number of anilines is 2. The number of carboxylic acid groups (broad SMARTS) is 1. The van der Waals surface area contributed by atoms with E-state index in [-0.39, 0.29) is 23.7 Å². The van der Waals surface area contributed by atoms with Crippen LogP contribution in [0, 0.1) is 23.7 Å². The first-order valence-electron chi connectivity index (χ1n) is 7.85. The first-order chi connectivity index (χ1) is 11.0. The Hall–Kier alpha value is -2.37. The molecule has 0 aromatic heterocycles. The van der Waals surface area contributed by atoms with Gasteiger partial charge in [0, 0.05) is 36.1 Å². The predicted octanol–water partition coefficient (Wildman–Crippen LogP) is 0.996. The van der Waals surface area contributed by atoms with Gasteiger partial charge in [-0.1, -0.05) is 6.07 Å². The third-order valence-electron chi connectivity index (χ3n) is 4.94. The highest BCUT2D eigenvalue weighted by Crippen LogP contribution is 2.52. The topological polar surface area (TPSA) is 98.3 Å². The van der Waals surface area contributed by atoms with Gasteiger partial charge in [0.2, 0.25) is 11.8 Å². The van der Waals surface area contributed by atoms with E-state index in [1.54, 1.807) is 24.3 Å². The lowest BCUT2D eigenvalue weighted by Crippen LogP contribution is -2.43. The van der Waals surface area contributed by atoms with Gasteiger partial charge in [0.25, 0.3) is 0 Å². The molecule has 0 aliphatic heterocycles. The molecule has 2 aliphatic carbocycles. The highest BCUT2D eigenvalue weighted by molar-refractivity contribution is 5.97. The van der Waals surface area contributed by atoms with Gasteiger partial charge in [-0.05, 0) is 49.3 Å². The molecule has 2 saturated carbocycles. The van der Waals surface area contributed by atoms with Crippen molar-refractivity contribution in [2.24, 2.45) is 23.7 Å². The molecule has 0 heterocycles. The molecule has 3 rings (SSSR count). The molecule has 122 valence electrons. The molecule has 2 N–H and O–H groups in total. The Morgan fingerprint density at radius 3 is 2.26 bits per heavy atom. The molecule has 2 amide bonds. The first-order valence-corrected chi connectivity index (χ1v) is 7.85. The highest BCUT2D eigenvalue weighted by atomic mass is 16.4. The first kappa shape index (κ1) is 15.5. The van der Waals surface area contributed by atoms with Gasteiger partial charge in [0.15, 0.2) is 0 Å². The maximum atomic E-state index is 12.6. The number of aliphatic carboxylic acids is 1. The van der Waals surface area contributed by atoms with Crippen molar-refractivity contribution in [3.8, 4) is 0 Å². The number of rotatable bonds is 4. The average molecular weight is 315 g/mol. The summed E-state index contributed by atoms with van der Waals surface area (Å²) in [6.07, 6.45) is 2.56. The smallest absolute Gasteiger partial charge is 0.228 e. The van der Waals surface area contributed by atoms with Gasteiger partial charge in [-0.3, -0.25) is 9.59 Å². The fourth-order valence-electron chi connectivity index (χ4n) is 4.11. The minimum atomic E-state index is -1.12. The summed E-state index contributed by atoms with van der Waals surface area (Å²) in [5.41, 5.74) is 1.13. The van der Waals surface area contributed by atoms with Crippen molar-refractivity contribution >= 4 is 29.2 Å². The summed E-state index contributed by atoms with van der Waals surface area (Å²) in [5.74, 6) is -2.61. The molecular formula is C17H19N2O4-. The zero-order chi connectivity index (χ0) is 16.6. The van der Waals surface area contributed by atoms with Crippen LogP contribution in [-0.4, -0.2) is 17.8 Å². The van der Waals surface area contributed by atoms with Crippen molar-refractivity contribution < 1.29 is 19.5 Å². The Labute approximate surface area is 134 Å². The van der Waals surface area contributed by atoms with Crippen LogP contribution in [0.15, 0.2) is 24.3 Å². The quantitative estimate of drug-likeness (QED) is 0.866. The molecule has 1 aromatic carbocycles. The zero-order valence-corrected chi connectivity index (χ0v) is 12.9. The maximum absolute atomic E-state index is 12.6. The molecule has 0 unspecified atom stereocenters. The molecule has 2 fully saturated rings. The Bertz CT molecular complexity index is 658. The fraction of sp³-hybridized carbons (Fsp3) is 0.471. The molecule has 1 aromatic rings. The Kier molecular flexibility index (Phi) is 4.07. The lowest BCUT2D eigenvalue weighted by atomic mass is 9.78. The molecule has 6 heteroatoms. The Balaban J connectivity index is 1.74. The number of carboxylic acids is 1. The Morgan fingerprint density at radius 1 is 1.04 bits per heavy atom. The molecule has 0 radical (unpaired) electrons. The number of carbonyl (C=O) groups excluding carboxylic acids is 3. The van der Waals surface area contributed by atoms with E-state index in [4.69, 9.17) is 0 Å². The van der Waals surface area contributed by atoms with Crippen LogP contribution in [0.3, 0.4) is 0 Å². The van der Waals surface area contributed by atoms with Crippen molar-refractivity contribution in [1.29, 1.82) is 0 Å². The van der Waals surface area contributed by atoms with E-state index in [0.29, 0.717) is 11.4 Å². The SMILES string of the molecule is CC(=O)Nc1cccc(NC(=O)[C@H]2[C@H]3CC[C@@H](C3)[C@@H]2C(=O)[O-])c1. The van der Waals surface area contributed by atoms with Crippen molar-refractivity contribution in [3.63, 3.8) is 0 Å². The molecule has 0 spiro atoms. The summed E-state index contributed by atoms with van der Waals surface area (Å²) in [4.78, 5) is 35.0. The average Bonchev–Trinajstić information content (AvgIpc) is 3.07. The highest BCUT2D eigenvalue weighted by Gasteiger charge is 2.51. The summed E-state index contributed by atoms with van der Waals surface area (Å²) in [6, 6.07) is 6.81. The van der Waals surface area contributed by atoms with E-state index in [0.717, 1.165) is 19.3 Å². The molecule has 2 aliphatic rings. The molecule has 6 nitrogen and oxygen atoms in total. The Morgan fingerprint density at radius 2 is 1.65 bits per heavy atom. The number of nitrogens with one attached hydrogen (secondary N) is 2. The minimum absolute atomic E-state index is 0.0615. The molecule has 23 heavy (non-hydrogen) atoms. The standard InChI is InChI=1S/C17H20N2O4/c1-9(20)18-12-3-2-4-13(8-12)19-16(21)14-10-5-6-11(7-10)15(14)17(22)23/h2-4,8,10-11,14-15H,5-7H2,1H3,(H,18,20)(H,19,21)(H,22,23)/p-1/t10-,11-,14-,15-/m0/s1. The van der Waals surface area contributed by atoms with Crippen LogP contribution < -0.4 is 15.7 Å². The van der Waals surface area contributed by atoms with Crippen LogP contribution in [0.2, 0.25) is 0 Å². The number of benzene rings is 1. The van der Waals surface area contributed by atoms with Gasteiger partial charge in [0.05, 0.1) is 0 Å². The van der Waals surface area contributed by atoms with E-state index in [2.05, 4.69) is 10.6 Å². The minimum Gasteiger partial charge on any atom is -0.550 e. The largest absolute Gasteiger partial charge is 0.550 e. The van der Waals surface area contributed by atoms with E-state index < -0.39 is 17.8 Å².